The summed E-state index contributed by atoms with van der Waals surface area (Å²) in [6, 6.07) is 0. The van der Waals surface area contributed by atoms with Crippen LogP contribution in [0.25, 0.3) is 0 Å². The van der Waals surface area contributed by atoms with E-state index in [0.29, 0.717) is 18.1 Å². The molecule has 12 heavy (non-hydrogen) atoms. The van der Waals surface area contributed by atoms with E-state index in [1.54, 1.807) is 0 Å². The van der Waals surface area contributed by atoms with E-state index in [0.717, 1.165) is 12.8 Å². The van der Waals surface area contributed by atoms with E-state index >= 15 is 0 Å². The summed E-state index contributed by atoms with van der Waals surface area (Å²) in [5.41, 5.74) is -0.0307. The number of hydrogen-bond donors (Lipinski definition) is 1. The Bertz CT molecular complexity index is 265. The van der Waals surface area contributed by atoms with Crippen molar-refractivity contribution in [2.24, 2.45) is 0 Å². The highest BCUT2D eigenvalue weighted by molar-refractivity contribution is 7.91. The van der Waals surface area contributed by atoms with Gasteiger partial charge in [0.05, 0.1) is 11.5 Å². The van der Waals surface area contributed by atoms with E-state index in [2.05, 4.69) is 5.32 Å². The van der Waals surface area contributed by atoms with Crippen LogP contribution in [0.4, 0.5) is 0 Å². The van der Waals surface area contributed by atoms with Crippen LogP contribution in [0, 0.1) is 0 Å². The zero-order valence-corrected chi connectivity index (χ0v) is 7.99. The van der Waals surface area contributed by atoms with Crippen molar-refractivity contribution in [1.29, 1.82) is 0 Å². The third-order valence-corrected chi connectivity index (χ3v) is 4.79. The van der Waals surface area contributed by atoms with Crippen molar-refractivity contribution in [2.45, 2.75) is 31.2 Å². The van der Waals surface area contributed by atoms with Gasteiger partial charge in [-0.2, -0.15) is 0 Å². The molecule has 2 fully saturated rings. The van der Waals surface area contributed by atoms with Crippen LogP contribution in [0.5, 0.6) is 0 Å². The predicted molar refractivity (Wildman–Crippen MR) is 47.9 cm³/mol. The van der Waals surface area contributed by atoms with Crippen LogP contribution in [0.1, 0.15) is 25.7 Å². The smallest absolute Gasteiger partial charge is 0.153 e. The fraction of sp³-hybridized carbons (Fsp3) is 1.00. The first-order valence-corrected chi connectivity index (χ1v) is 6.40. The highest BCUT2D eigenvalue weighted by atomic mass is 32.2. The Morgan fingerprint density at radius 3 is 2.42 bits per heavy atom. The molecule has 0 aromatic carbocycles. The monoisotopic (exact) mass is 189 g/mol. The summed E-state index contributed by atoms with van der Waals surface area (Å²) in [6.07, 6.45) is 4.46. The normalized spacial score (nSPS) is 32.3. The van der Waals surface area contributed by atoms with Crippen LogP contribution in [0.2, 0.25) is 0 Å². The molecule has 70 valence electrons. The van der Waals surface area contributed by atoms with Gasteiger partial charge in [0, 0.05) is 12.1 Å². The van der Waals surface area contributed by atoms with Gasteiger partial charge in [0.1, 0.15) is 0 Å². The molecular weight excluding hydrogens is 174 g/mol. The van der Waals surface area contributed by atoms with Crippen molar-refractivity contribution in [1.82, 2.24) is 5.32 Å². The third kappa shape index (κ3) is 1.50. The molecule has 0 aromatic heterocycles. The van der Waals surface area contributed by atoms with E-state index in [4.69, 9.17) is 0 Å². The molecule has 1 saturated heterocycles. The quantitative estimate of drug-likeness (QED) is 0.597. The van der Waals surface area contributed by atoms with Crippen LogP contribution in [-0.4, -0.2) is 32.0 Å². The van der Waals surface area contributed by atoms with E-state index in [-0.39, 0.29) is 5.54 Å². The van der Waals surface area contributed by atoms with Crippen LogP contribution in [-0.2, 0) is 9.84 Å². The molecule has 0 bridgehead atoms. The fourth-order valence-electron chi connectivity index (χ4n) is 2.39. The van der Waals surface area contributed by atoms with E-state index in [1.165, 1.54) is 12.8 Å². The Labute approximate surface area is 73.5 Å². The summed E-state index contributed by atoms with van der Waals surface area (Å²) in [7, 11) is -2.74. The molecule has 1 heterocycles. The summed E-state index contributed by atoms with van der Waals surface area (Å²) in [4.78, 5) is 0. The van der Waals surface area contributed by atoms with Crippen molar-refractivity contribution < 1.29 is 8.42 Å². The average Bonchev–Trinajstić information content (AvgIpc) is 2.34. The zero-order valence-electron chi connectivity index (χ0n) is 7.17. The van der Waals surface area contributed by atoms with E-state index in [9.17, 15) is 8.42 Å². The first-order chi connectivity index (χ1) is 5.62. The highest BCUT2D eigenvalue weighted by Crippen LogP contribution is 2.32. The van der Waals surface area contributed by atoms with Crippen molar-refractivity contribution in [3.63, 3.8) is 0 Å². The standard InChI is InChI=1S/C8H15NO2S/c10-12(11)6-5-9-8(7-12)3-1-2-4-8/h9H,1-7H2. The van der Waals surface area contributed by atoms with Crippen LogP contribution >= 0.6 is 0 Å². The molecule has 1 saturated carbocycles. The van der Waals surface area contributed by atoms with Crippen LogP contribution in [0.15, 0.2) is 0 Å². The topological polar surface area (TPSA) is 46.2 Å². The fourth-order valence-corrected chi connectivity index (χ4v) is 4.18. The van der Waals surface area contributed by atoms with Crippen molar-refractivity contribution in [2.75, 3.05) is 18.1 Å². The van der Waals surface area contributed by atoms with Gasteiger partial charge in [-0.3, -0.25) is 0 Å². The summed E-state index contributed by atoms with van der Waals surface area (Å²) in [5.74, 6) is 0.703. The molecule has 0 radical (unpaired) electrons. The number of hydrogen-bond acceptors (Lipinski definition) is 3. The van der Waals surface area contributed by atoms with Gasteiger partial charge in [0.25, 0.3) is 0 Å². The zero-order chi connectivity index (χ0) is 8.66. The Hall–Kier alpha value is -0.0900. The first kappa shape index (κ1) is 8.51. The van der Waals surface area contributed by atoms with Crippen molar-refractivity contribution in [3.8, 4) is 0 Å². The first-order valence-electron chi connectivity index (χ1n) is 4.57. The van der Waals surface area contributed by atoms with Gasteiger partial charge < -0.3 is 5.32 Å². The molecule has 0 amide bonds. The van der Waals surface area contributed by atoms with Gasteiger partial charge in [-0.1, -0.05) is 12.8 Å². The summed E-state index contributed by atoms with van der Waals surface area (Å²) >= 11 is 0. The molecular formula is C8H15NO2S. The molecule has 1 aliphatic carbocycles. The molecule has 0 atom stereocenters. The Balaban J connectivity index is 2.17. The maximum absolute atomic E-state index is 11.4. The predicted octanol–water partition coefficient (Wildman–Crippen LogP) is 0.317. The average molecular weight is 189 g/mol. The lowest BCUT2D eigenvalue weighted by molar-refractivity contribution is 0.362. The second kappa shape index (κ2) is 2.70. The second-order valence-electron chi connectivity index (χ2n) is 4.01. The molecule has 0 unspecified atom stereocenters. The lowest BCUT2D eigenvalue weighted by Gasteiger charge is -2.34. The maximum atomic E-state index is 11.4. The molecule has 1 aliphatic heterocycles. The van der Waals surface area contributed by atoms with Gasteiger partial charge in [0.15, 0.2) is 9.84 Å². The second-order valence-corrected chi connectivity index (χ2v) is 6.19. The molecule has 2 rings (SSSR count). The Morgan fingerprint density at radius 2 is 1.83 bits per heavy atom. The van der Waals surface area contributed by atoms with E-state index < -0.39 is 9.84 Å². The van der Waals surface area contributed by atoms with Gasteiger partial charge >= 0.3 is 0 Å². The van der Waals surface area contributed by atoms with Crippen molar-refractivity contribution >= 4 is 9.84 Å². The van der Waals surface area contributed by atoms with Gasteiger partial charge in [-0.25, -0.2) is 8.42 Å². The highest BCUT2D eigenvalue weighted by Gasteiger charge is 2.40. The van der Waals surface area contributed by atoms with Gasteiger partial charge in [-0.05, 0) is 12.8 Å². The summed E-state index contributed by atoms with van der Waals surface area (Å²) < 4.78 is 22.7. The SMILES string of the molecule is O=S1(=O)CCNC2(CCCC2)C1. The largest absolute Gasteiger partial charge is 0.309 e. The lowest BCUT2D eigenvalue weighted by Crippen LogP contribution is -2.54. The molecule has 0 aromatic rings. The third-order valence-electron chi connectivity index (χ3n) is 2.97. The summed E-state index contributed by atoms with van der Waals surface area (Å²) in [6.45, 7) is 0.655. The molecule has 1 N–H and O–H groups in total. The minimum atomic E-state index is -2.74. The molecule has 4 heteroatoms. The summed E-state index contributed by atoms with van der Waals surface area (Å²) in [5, 5.41) is 3.37. The number of rotatable bonds is 0. The molecule has 2 aliphatic rings. The minimum absolute atomic E-state index is 0.0307. The Kier molecular flexibility index (Phi) is 1.92. The van der Waals surface area contributed by atoms with Crippen molar-refractivity contribution in [3.05, 3.63) is 0 Å². The van der Waals surface area contributed by atoms with Gasteiger partial charge in [-0.15, -0.1) is 0 Å². The molecule has 3 nitrogen and oxygen atoms in total. The Morgan fingerprint density at radius 1 is 1.17 bits per heavy atom. The van der Waals surface area contributed by atoms with Crippen LogP contribution < -0.4 is 5.32 Å². The number of nitrogens with one attached hydrogen (secondary N) is 1. The minimum Gasteiger partial charge on any atom is -0.309 e. The number of sulfone groups is 1. The molecule has 1 spiro atoms. The maximum Gasteiger partial charge on any atom is 0.153 e. The van der Waals surface area contributed by atoms with E-state index in [1.807, 2.05) is 0 Å². The van der Waals surface area contributed by atoms with Crippen LogP contribution in [0.3, 0.4) is 0 Å². The van der Waals surface area contributed by atoms with Gasteiger partial charge in [0.2, 0.25) is 0 Å². The lowest BCUT2D eigenvalue weighted by atomic mass is 10.0.